The predicted octanol–water partition coefficient (Wildman–Crippen LogP) is 16.7. The maximum atomic E-state index is 12.1. The normalized spacial score (nSPS) is 13.1. The van der Waals surface area contributed by atoms with Crippen LogP contribution in [0, 0.1) is 11.8 Å². The van der Waals surface area contributed by atoms with Gasteiger partial charge in [-0.1, -0.05) is 64.8 Å². The number of aromatic amines is 8. The van der Waals surface area contributed by atoms with Gasteiger partial charge < -0.3 is 51.0 Å². The number of benzene rings is 4. The zero-order valence-electron chi connectivity index (χ0n) is 70.6. The summed E-state index contributed by atoms with van der Waals surface area (Å²) in [6.07, 6.45) is 35.1. The van der Waals surface area contributed by atoms with Crippen LogP contribution in [0.4, 0.5) is 17.1 Å². The Kier molecular flexibility index (Phi) is 23.3. The van der Waals surface area contributed by atoms with Gasteiger partial charge in [0.2, 0.25) is 11.8 Å². The van der Waals surface area contributed by atoms with Gasteiger partial charge in [-0.05, 0) is 169 Å². The zero-order chi connectivity index (χ0) is 86.3. The van der Waals surface area contributed by atoms with Gasteiger partial charge in [0, 0.05) is 152 Å². The summed E-state index contributed by atoms with van der Waals surface area (Å²) in [5, 5.41) is 47.2. The molecule has 22 rings (SSSR count). The molecular formula is C95H92N30O2. The van der Waals surface area contributed by atoms with Crippen LogP contribution in [-0.4, -0.2) is 184 Å². The fourth-order valence-electron chi connectivity index (χ4n) is 16.3. The first-order valence-corrected chi connectivity index (χ1v) is 42.7. The van der Waals surface area contributed by atoms with Crippen LogP contribution in [0.2, 0.25) is 0 Å². The van der Waals surface area contributed by atoms with Gasteiger partial charge in [0.1, 0.15) is 28.3 Å². The molecule has 0 unspecified atom stereocenters. The molecule has 4 aromatic carbocycles. The van der Waals surface area contributed by atoms with Gasteiger partial charge in [-0.15, -0.1) is 0 Å². The van der Waals surface area contributed by atoms with Crippen LogP contribution in [0.25, 0.3) is 178 Å². The summed E-state index contributed by atoms with van der Waals surface area (Å²) in [5.41, 5.74) is 26.8. The Balaban J connectivity index is 0.000000111. The molecule has 2 aliphatic rings. The Morgan fingerprint density at radius 3 is 1.22 bits per heavy atom. The van der Waals surface area contributed by atoms with Gasteiger partial charge in [0.05, 0.1) is 121 Å². The number of hydrogen-bond acceptors (Lipinski definition) is 22. The van der Waals surface area contributed by atoms with E-state index in [1.807, 2.05) is 125 Å². The number of H-pyrrole nitrogens is 8. The second-order valence-electron chi connectivity index (χ2n) is 32.4. The lowest BCUT2D eigenvalue weighted by atomic mass is 10.0. The van der Waals surface area contributed by atoms with Gasteiger partial charge in [-0.25, -0.2) is 19.9 Å². The monoisotopic (exact) mass is 1680 g/mol. The largest absolute Gasteiger partial charge is 0.366 e. The number of piperazine rings is 1. The number of carbonyl (C=O) groups is 2. The standard InChI is InChI=1S/C30H35N9.C23H21N7O.C21H17N7O.C21H19N7/c1-38-8-10-39(11-9-38)27-19-33-18-26-29(27)35-30(34-26)28-24-13-22(6-7-25(24)36-37-28)23-12-21(16-32-17-23)15-31-14-20-4-2-3-5-20;1-13(2)7-21(31)26-16-8-15(10-25-11-16)14-3-4-18-17(9-14)22(30-29-18)23-27-19-5-6-24-12-20(19)28-23;1-2-19(29)24-14-7-13(9-23-10-14)12-3-4-16-15(8-12)20(28-27-16)21-25-17-5-6-22-11-18(17)26-21;1-2-22-9-13-7-15(11-24-10-13)14-3-4-17-16(8-14)20(28-27-17)21-25-18-5-6-23-12-19(18)26-21/h6-7,12-13,16-20,31H,2-5,8-11,14-15H2,1H3,(H,34,35)(H,36,37);3-6,8-13H,7H2,1-2H3,(H,26,31)(H,27,28)(H,29,30);3-11H,2H2,1H3,(H,24,29)(H,25,26)(H,27,28);3-8,10-12,22H,2,9H2,1H3,(H,25,26)(H,27,28). The highest BCUT2D eigenvalue weighted by atomic mass is 16.2. The Morgan fingerprint density at radius 2 is 0.795 bits per heavy atom. The molecule has 2 amide bonds. The van der Waals surface area contributed by atoms with Crippen LogP contribution in [0.5, 0.6) is 0 Å². The van der Waals surface area contributed by atoms with E-state index in [4.69, 9.17) is 4.98 Å². The molecule has 1 saturated heterocycles. The molecule has 127 heavy (non-hydrogen) atoms. The third-order valence-corrected chi connectivity index (χ3v) is 22.9. The lowest BCUT2D eigenvalue weighted by Gasteiger charge is -2.33. The van der Waals surface area contributed by atoms with Crippen molar-refractivity contribution in [3.05, 3.63) is 226 Å². The van der Waals surface area contributed by atoms with Gasteiger partial charge in [-0.2, -0.15) is 20.4 Å². The second kappa shape index (κ2) is 36.5. The number of nitrogens with one attached hydrogen (secondary N) is 12. The van der Waals surface area contributed by atoms with E-state index in [1.54, 1.807) is 62.0 Å². The summed E-state index contributed by atoms with van der Waals surface area (Å²) in [7, 11) is 2.17. The molecule has 12 N–H and O–H groups in total. The summed E-state index contributed by atoms with van der Waals surface area (Å²) in [6, 6.07) is 38.6. The first-order chi connectivity index (χ1) is 62.3. The molecule has 32 nitrogen and oxygen atoms in total. The topological polar surface area (TPSA) is 421 Å². The first kappa shape index (κ1) is 81.1. The van der Waals surface area contributed by atoms with E-state index in [2.05, 4.69) is 209 Å². The summed E-state index contributed by atoms with van der Waals surface area (Å²) in [5.74, 6) is 3.90. The fourth-order valence-corrected chi connectivity index (χ4v) is 16.3. The first-order valence-electron chi connectivity index (χ1n) is 42.7. The van der Waals surface area contributed by atoms with Crippen molar-refractivity contribution in [2.45, 2.75) is 79.3 Å². The summed E-state index contributed by atoms with van der Waals surface area (Å²) in [4.78, 5) is 95.2. The molecule has 634 valence electrons. The number of rotatable bonds is 21. The molecule has 1 aliphatic heterocycles. The summed E-state index contributed by atoms with van der Waals surface area (Å²) < 4.78 is 0. The number of carbonyl (C=O) groups excluding carboxylic acids is 2. The predicted molar refractivity (Wildman–Crippen MR) is 497 cm³/mol. The minimum Gasteiger partial charge on any atom is -0.366 e. The molecule has 20 aromatic rings. The zero-order valence-corrected chi connectivity index (χ0v) is 70.6. The van der Waals surface area contributed by atoms with Crippen molar-refractivity contribution < 1.29 is 9.59 Å². The number of likely N-dealkylation sites (N-methyl/N-ethyl adjacent to an activating group) is 1. The minimum absolute atomic E-state index is 0.0131. The molecular weight excluding hydrogens is 1590 g/mol. The Labute approximate surface area is 727 Å². The Bertz CT molecular complexity index is 7240. The van der Waals surface area contributed by atoms with E-state index in [0.29, 0.717) is 41.8 Å². The maximum absolute atomic E-state index is 12.1. The molecule has 16 aromatic heterocycles. The van der Waals surface area contributed by atoms with Crippen molar-refractivity contribution in [2.24, 2.45) is 11.8 Å². The number of nitrogens with zero attached hydrogens (tertiary/aromatic N) is 18. The third kappa shape index (κ3) is 18.0. The van der Waals surface area contributed by atoms with E-state index < -0.39 is 0 Å². The Hall–Kier alpha value is -15.5. The molecule has 2 fully saturated rings. The van der Waals surface area contributed by atoms with Crippen LogP contribution in [-0.2, 0) is 22.7 Å². The molecule has 32 heteroatoms. The SMILES string of the molecule is CC(C)CC(=O)Nc1cncc(-c2ccc3[nH]nc(-c4nc5ccncc5[nH]4)c3c2)c1.CCC(=O)Nc1cncc(-c2ccc3[nH]nc(-c4nc5ccncc5[nH]4)c3c2)c1.CCNCc1cncc(-c2ccc3[nH]nc(-c4nc5ccncc5[nH]4)c3c2)c1.CN1CCN(c2cncc3[nH]c(-c4n[nH]c5ccc(-c6cncc(CNCC7CCCC7)c6)cc45)nc23)CC1. The lowest BCUT2D eigenvalue weighted by Crippen LogP contribution is -2.44. The number of imidazole rings is 4. The van der Waals surface area contributed by atoms with Crippen molar-refractivity contribution in [3.8, 4) is 90.6 Å². The Morgan fingerprint density at radius 1 is 0.402 bits per heavy atom. The lowest BCUT2D eigenvalue weighted by molar-refractivity contribution is -0.117. The van der Waals surface area contributed by atoms with Crippen LogP contribution in [0.1, 0.15) is 77.3 Å². The van der Waals surface area contributed by atoms with Crippen molar-refractivity contribution in [1.82, 2.24) is 136 Å². The molecule has 0 atom stereocenters. The number of amides is 2. The number of hydrogen-bond donors (Lipinski definition) is 12. The molecule has 0 radical (unpaired) electrons. The van der Waals surface area contributed by atoms with Crippen molar-refractivity contribution in [3.63, 3.8) is 0 Å². The fraction of sp³-hybridized carbons (Fsp3) is 0.221. The molecule has 1 saturated carbocycles. The van der Waals surface area contributed by atoms with Gasteiger partial charge in [-0.3, -0.25) is 69.9 Å². The van der Waals surface area contributed by atoms with E-state index >= 15 is 0 Å². The van der Waals surface area contributed by atoms with E-state index in [1.165, 1.54) is 31.2 Å². The van der Waals surface area contributed by atoms with Gasteiger partial charge >= 0.3 is 0 Å². The van der Waals surface area contributed by atoms with Crippen molar-refractivity contribution in [2.75, 3.05) is 61.8 Å². The third-order valence-electron chi connectivity index (χ3n) is 22.9. The minimum atomic E-state index is -0.0455. The number of fused-ring (bicyclic) bond motifs is 8. The van der Waals surface area contributed by atoms with E-state index in [-0.39, 0.29) is 11.8 Å². The number of anilines is 3. The van der Waals surface area contributed by atoms with E-state index in [0.717, 1.165) is 236 Å². The molecule has 1 aliphatic carbocycles. The van der Waals surface area contributed by atoms with Gasteiger partial charge in [0.25, 0.3) is 0 Å². The van der Waals surface area contributed by atoms with Crippen LogP contribution < -0.4 is 26.2 Å². The van der Waals surface area contributed by atoms with Crippen LogP contribution in [0.15, 0.2) is 214 Å². The quantitative estimate of drug-likeness (QED) is 0.0318. The average molecular weight is 1690 g/mol. The van der Waals surface area contributed by atoms with Crippen molar-refractivity contribution in [1.29, 1.82) is 0 Å². The average Bonchev–Trinajstić information content (AvgIpc) is 1.63. The second-order valence-corrected chi connectivity index (χ2v) is 32.4. The number of pyridine rings is 8. The summed E-state index contributed by atoms with van der Waals surface area (Å²) in [6.45, 7) is 15.6. The maximum Gasteiger partial charge on any atom is 0.224 e. The summed E-state index contributed by atoms with van der Waals surface area (Å²) >= 11 is 0. The molecule has 0 bridgehead atoms. The highest BCUT2D eigenvalue weighted by Crippen LogP contribution is 2.38. The number of aromatic nitrogens is 24. The smallest absolute Gasteiger partial charge is 0.224 e. The highest BCUT2D eigenvalue weighted by Gasteiger charge is 2.24. The van der Waals surface area contributed by atoms with E-state index in [9.17, 15) is 9.59 Å². The molecule has 0 spiro atoms. The van der Waals surface area contributed by atoms with Crippen molar-refractivity contribution >= 4 is 117 Å². The molecule has 17 heterocycles. The highest BCUT2D eigenvalue weighted by molar-refractivity contribution is 6.01. The van der Waals surface area contributed by atoms with Gasteiger partial charge in [0.15, 0.2) is 23.3 Å². The van der Waals surface area contributed by atoms with Crippen LogP contribution >= 0.6 is 0 Å². The van der Waals surface area contributed by atoms with Crippen LogP contribution in [0.3, 0.4) is 0 Å².